The molecule has 4 rings (SSSR count). The third kappa shape index (κ3) is 4.11. The second-order valence-corrected chi connectivity index (χ2v) is 6.91. The van der Waals surface area contributed by atoms with Gasteiger partial charge in [0.05, 0.1) is 12.2 Å². The summed E-state index contributed by atoms with van der Waals surface area (Å²) in [4.78, 5) is 7.05. The number of aryl methyl sites for hydroxylation is 1. The summed E-state index contributed by atoms with van der Waals surface area (Å²) in [6.45, 7) is 4.72. The van der Waals surface area contributed by atoms with Crippen LogP contribution in [0.25, 0.3) is 23.5 Å². The van der Waals surface area contributed by atoms with Crippen LogP contribution in [0.5, 0.6) is 5.75 Å². The average Bonchev–Trinajstić information content (AvgIpc) is 3.27. The van der Waals surface area contributed by atoms with Crippen molar-refractivity contribution < 1.29 is 9.52 Å². The summed E-state index contributed by atoms with van der Waals surface area (Å²) in [7, 11) is 0. The first-order chi connectivity index (χ1) is 13.2. The van der Waals surface area contributed by atoms with E-state index >= 15 is 0 Å². The maximum Gasteiger partial charge on any atom is 0.174 e. The van der Waals surface area contributed by atoms with Crippen LogP contribution in [0.2, 0.25) is 0 Å². The number of piperidine rings is 1. The molecule has 6 nitrogen and oxygen atoms in total. The van der Waals surface area contributed by atoms with E-state index in [1.54, 1.807) is 6.07 Å². The van der Waals surface area contributed by atoms with Gasteiger partial charge < -0.3 is 9.52 Å². The molecule has 0 amide bonds. The molecule has 1 saturated heterocycles. The third-order valence-corrected chi connectivity index (χ3v) is 4.77. The molecular formula is C21H24N4O2. The fraction of sp³-hybridized carbons (Fsp3) is 0.333. The Kier molecular flexibility index (Phi) is 5.07. The van der Waals surface area contributed by atoms with E-state index in [-0.39, 0.29) is 5.75 Å². The molecule has 6 heteroatoms. The van der Waals surface area contributed by atoms with Crippen LogP contribution in [0.3, 0.4) is 0 Å². The molecule has 0 atom stereocenters. The van der Waals surface area contributed by atoms with Crippen LogP contribution >= 0.6 is 0 Å². The molecule has 1 N–H and O–H groups in total. The van der Waals surface area contributed by atoms with Gasteiger partial charge in [-0.3, -0.25) is 4.90 Å². The van der Waals surface area contributed by atoms with Gasteiger partial charge in [0.25, 0.3) is 0 Å². The van der Waals surface area contributed by atoms with Gasteiger partial charge in [0.15, 0.2) is 11.6 Å². The number of hydrogen-bond donors (Lipinski definition) is 1. The molecule has 140 valence electrons. The highest BCUT2D eigenvalue weighted by atomic mass is 16.3. The van der Waals surface area contributed by atoms with Gasteiger partial charge in [-0.05, 0) is 69.3 Å². The first-order valence-corrected chi connectivity index (χ1v) is 9.39. The largest absolute Gasteiger partial charge is 0.507 e. The highest BCUT2D eigenvalue weighted by Gasteiger charge is 2.17. The van der Waals surface area contributed by atoms with Crippen LogP contribution in [0.1, 0.15) is 36.6 Å². The number of rotatable bonds is 5. The van der Waals surface area contributed by atoms with Gasteiger partial charge >= 0.3 is 0 Å². The molecule has 0 aliphatic carbocycles. The molecule has 0 radical (unpaired) electrons. The smallest absolute Gasteiger partial charge is 0.174 e. The molecule has 1 aromatic carbocycles. The van der Waals surface area contributed by atoms with Crippen molar-refractivity contribution in [2.75, 3.05) is 13.1 Å². The van der Waals surface area contributed by atoms with Gasteiger partial charge in [0, 0.05) is 0 Å². The SMILES string of the molecule is Cc1ccc(/C=C/c2nc(-c3ccccc3O)n(CN3CCCCC3)n2)o1. The number of phenols is 1. The third-order valence-electron chi connectivity index (χ3n) is 4.77. The molecule has 27 heavy (non-hydrogen) atoms. The van der Waals surface area contributed by atoms with Crippen LogP contribution in [-0.2, 0) is 6.67 Å². The molecule has 3 heterocycles. The number of para-hydroxylation sites is 1. The number of hydrogen-bond acceptors (Lipinski definition) is 5. The monoisotopic (exact) mass is 364 g/mol. The lowest BCUT2D eigenvalue weighted by Gasteiger charge is -2.26. The number of likely N-dealkylation sites (tertiary alicyclic amines) is 1. The van der Waals surface area contributed by atoms with Crippen LogP contribution in [-0.4, -0.2) is 37.9 Å². The van der Waals surface area contributed by atoms with Crippen LogP contribution in [0, 0.1) is 6.92 Å². The maximum atomic E-state index is 10.3. The van der Waals surface area contributed by atoms with E-state index < -0.39 is 0 Å². The summed E-state index contributed by atoms with van der Waals surface area (Å²) in [6.07, 6.45) is 7.42. The summed E-state index contributed by atoms with van der Waals surface area (Å²) >= 11 is 0. The standard InChI is InChI=1S/C21H24N4O2/c1-16-9-10-17(27-16)11-12-20-22-21(18-7-3-4-8-19(18)26)25(23-20)15-24-13-5-2-6-14-24/h3-4,7-12,26H,2,5-6,13-15H2,1H3/b12-11+. The zero-order valence-electron chi connectivity index (χ0n) is 15.5. The van der Waals surface area contributed by atoms with E-state index in [1.165, 1.54) is 19.3 Å². The number of aromatic hydroxyl groups is 1. The van der Waals surface area contributed by atoms with Crippen molar-refractivity contribution in [1.29, 1.82) is 0 Å². The van der Waals surface area contributed by atoms with E-state index in [0.717, 1.165) is 24.6 Å². The molecule has 1 fully saturated rings. The minimum absolute atomic E-state index is 0.210. The van der Waals surface area contributed by atoms with E-state index in [0.29, 0.717) is 23.9 Å². The van der Waals surface area contributed by atoms with Crippen molar-refractivity contribution in [3.05, 3.63) is 53.7 Å². The lowest BCUT2D eigenvalue weighted by atomic mass is 10.1. The molecule has 1 aliphatic rings. The van der Waals surface area contributed by atoms with Crippen molar-refractivity contribution in [1.82, 2.24) is 19.7 Å². The quantitative estimate of drug-likeness (QED) is 0.736. The predicted octanol–water partition coefficient (Wildman–Crippen LogP) is 4.17. The van der Waals surface area contributed by atoms with Crippen LogP contribution in [0.15, 0.2) is 40.8 Å². The van der Waals surface area contributed by atoms with E-state index in [2.05, 4.69) is 15.0 Å². The van der Waals surface area contributed by atoms with E-state index in [4.69, 9.17) is 4.42 Å². The summed E-state index contributed by atoms with van der Waals surface area (Å²) in [5, 5.41) is 15.0. The summed E-state index contributed by atoms with van der Waals surface area (Å²) in [5.74, 6) is 3.12. The zero-order chi connectivity index (χ0) is 18.6. The fourth-order valence-electron chi connectivity index (χ4n) is 3.38. The van der Waals surface area contributed by atoms with Crippen molar-refractivity contribution >= 4 is 12.2 Å². The summed E-state index contributed by atoms with van der Waals surface area (Å²) in [6, 6.07) is 11.1. The van der Waals surface area contributed by atoms with E-state index in [1.807, 2.05) is 54.1 Å². The molecule has 2 aromatic heterocycles. The van der Waals surface area contributed by atoms with Gasteiger partial charge in [0.2, 0.25) is 0 Å². The number of phenolic OH excluding ortho intramolecular Hbond substituents is 1. The van der Waals surface area contributed by atoms with Gasteiger partial charge in [-0.25, -0.2) is 9.67 Å². The Bertz CT molecular complexity index is 935. The first kappa shape index (κ1) is 17.5. The minimum Gasteiger partial charge on any atom is -0.507 e. The number of furan rings is 1. The molecule has 1 aliphatic heterocycles. The van der Waals surface area contributed by atoms with Gasteiger partial charge in [-0.15, -0.1) is 5.10 Å². The molecule has 0 saturated carbocycles. The Labute approximate surface area is 158 Å². The van der Waals surface area contributed by atoms with Crippen molar-refractivity contribution in [3.8, 4) is 17.1 Å². The zero-order valence-corrected chi connectivity index (χ0v) is 15.5. The number of aromatic nitrogens is 3. The number of benzene rings is 1. The Morgan fingerprint density at radius 2 is 1.89 bits per heavy atom. The molecular weight excluding hydrogens is 340 g/mol. The lowest BCUT2D eigenvalue weighted by molar-refractivity contribution is 0.174. The minimum atomic E-state index is 0.210. The second-order valence-electron chi connectivity index (χ2n) is 6.91. The Morgan fingerprint density at radius 3 is 2.63 bits per heavy atom. The van der Waals surface area contributed by atoms with Gasteiger partial charge in [-0.2, -0.15) is 0 Å². The van der Waals surface area contributed by atoms with E-state index in [9.17, 15) is 5.11 Å². The van der Waals surface area contributed by atoms with Crippen molar-refractivity contribution in [3.63, 3.8) is 0 Å². The first-order valence-electron chi connectivity index (χ1n) is 9.39. The topological polar surface area (TPSA) is 67.3 Å². The lowest BCUT2D eigenvalue weighted by Crippen LogP contribution is -2.32. The highest BCUT2D eigenvalue weighted by molar-refractivity contribution is 5.68. The number of nitrogens with zero attached hydrogens (tertiary/aromatic N) is 4. The molecule has 3 aromatic rings. The average molecular weight is 364 g/mol. The summed E-state index contributed by atoms with van der Waals surface area (Å²) in [5.41, 5.74) is 0.690. The predicted molar refractivity (Wildman–Crippen MR) is 105 cm³/mol. The fourth-order valence-corrected chi connectivity index (χ4v) is 3.38. The van der Waals surface area contributed by atoms with Gasteiger partial charge in [0.1, 0.15) is 17.3 Å². The van der Waals surface area contributed by atoms with Crippen LogP contribution in [0.4, 0.5) is 0 Å². The Balaban J connectivity index is 1.65. The van der Waals surface area contributed by atoms with Crippen molar-refractivity contribution in [2.24, 2.45) is 0 Å². The molecule has 0 spiro atoms. The molecule has 0 bridgehead atoms. The van der Waals surface area contributed by atoms with Crippen molar-refractivity contribution in [2.45, 2.75) is 32.9 Å². The highest BCUT2D eigenvalue weighted by Crippen LogP contribution is 2.28. The second kappa shape index (κ2) is 7.80. The molecule has 0 unspecified atom stereocenters. The van der Waals surface area contributed by atoms with Crippen LogP contribution < -0.4 is 0 Å². The summed E-state index contributed by atoms with van der Waals surface area (Å²) < 4.78 is 7.45. The van der Waals surface area contributed by atoms with Gasteiger partial charge in [-0.1, -0.05) is 18.6 Å². The normalized spacial score (nSPS) is 15.6. The maximum absolute atomic E-state index is 10.3. The Hall–Kier alpha value is -2.86. The Morgan fingerprint density at radius 1 is 1.07 bits per heavy atom.